The maximum absolute atomic E-state index is 11.6. The summed E-state index contributed by atoms with van der Waals surface area (Å²) in [6, 6.07) is 1.70. The third kappa shape index (κ3) is 4.28. The van der Waals surface area contributed by atoms with Crippen LogP contribution in [0.15, 0.2) is 23.6 Å². The van der Waals surface area contributed by atoms with Crippen molar-refractivity contribution < 1.29 is 4.79 Å². The van der Waals surface area contributed by atoms with Gasteiger partial charge in [0.1, 0.15) is 0 Å². The average molecular weight is 279 g/mol. The van der Waals surface area contributed by atoms with Crippen molar-refractivity contribution in [3.05, 3.63) is 18.5 Å². The van der Waals surface area contributed by atoms with Crippen LogP contribution in [0.4, 0.5) is 5.95 Å². The van der Waals surface area contributed by atoms with Crippen molar-refractivity contribution >= 4 is 23.6 Å². The highest BCUT2D eigenvalue weighted by molar-refractivity contribution is 7.99. The molecule has 0 bridgehead atoms. The van der Waals surface area contributed by atoms with Crippen LogP contribution in [0.25, 0.3) is 0 Å². The molecule has 0 atom stereocenters. The van der Waals surface area contributed by atoms with Crippen LogP contribution in [0.5, 0.6) is 0 Å². The van der Waals surface area contributed by atoms with Crippen LogP contribution in [0.2, 0.25) is 0 Å². The summed E-state index contributed by atoms with van der Waals surface area (Å²) in [5.41, 5.74) is 0. The van der Waals surface area contributed by atoms with Crippen LogP contribution >= 0.6 is 11.8 Å². The summed E-state index contributed by atoms with van der Waals surface area (Å²) in [6.45, 7) is 0. The van der Waals surface area contributed by atoms with Gasteiger partial charge in [-0.2, -0.15) is 0 Å². The summed E-state index contributed by atoms with van der Waals surface area (Å²) in [5.74, 6) is 1.01. The third-order valence-electron chi connectivity index (χ3n) is 2.18. The number of amides is 1. The van der Waals surface area contributed by atoms with E-state index in [2.05, 4.69) is 30.8 Å². The smallest absolute Gasteiger partial charge is 0.229 e. The number of tetrazole rings is 1. The molecule has 0 unspecified atom stereocenters. The lowest BCUT2D eigenvalue weighted by Crippen LogP contribution is -2.13. The van der Waals surface area contributed by atoms with Crippen molar-refractivity contribution in [1.82, 2.24) is 30.2 Å². The summed E-state index contributed by atoms with van der Waals surface area (Å²) < 4.78 is 1.60. The Morgan fingerprint density at radius 2 is 2.21 bits per heavy atom. The number of rotatable bonds is 6. The number of carbonyl (C=O) groups is 1. The van der Waals surface area contributed by atoms with Gasteiger partial charge >= 0.3 is 0 Å². The lowest BCUT2D eigenvalue weighted by Gasteiger charge is -2.02. The minimum atomic E-state index is -0.0945. The van der Waals surface area contributed by atoms with Gasteiger partial charge < -0.3 is 0 Å². The van der Waals surface area contributed by atoms with Gasteiger partial charge in [0.05, 0.1) is 0 Å². The number of nitrogens with one attached hydrogen (secondary N) is 1. The Morgan fingerprint density at radius 1 is 1.42 bits per heavy atom. The standard InChI is InChI=1S/C10H13N7OS/c1-17-10(14-15-16-17)19-7-2-4-8(18)13-9-11-5-3-6-12-9/h3,5-6H,2,4,7H2,1H3,(H,11,12,13,18). The average Bonchev–Trinajstić information content (AvgIpc) is 2.81. The van der Waals surface area contributed by atoms with E-state index in [4.69, 9.17) is 0 Å². The lowest BCUT2D eigenvalue weighted by molar-refractivity contribution is -0.116. The molecule has 0 spiro atoms. The number of aromatic nitrogens is 6. The molecule has 0 saturated heterocycles. The first-order chi connectivity index (χ1) is 9.25. The van der Waals surface area contributed by atoms with Crippen LogP contribution in [0.1, 0.15) is 12.8 Å². The fourth-order valence-electron chi connectivity index (χ4n) is 1.29. The number of aryl methyl sites for hydroxylation is 1. The molecule has 9 heteroatoms. The second kappa shape index (κ2) is 6.78. The highest BCUT2D eigenvalue weighted by atomic mass is 32.2. The number of carbonyl (C=O) groups excluding carboxylic acids is 1. The highest BCUT2D eigenvalue weighted by Crippen LogP contribution is 2.14. The van der Waals surface area contributed by atoms with Gasteiger partial charge in [-0.05, 0) is 22.9 Å². The number of hydrogen-bond acceptors (Lipinski definition) is 7. The predicted molar refractivity (Wildman–Crippen MR) is 69.4 cm³/mol. The van der Waals surface area contributed by atoms with E-state index in [9.17, 15) is 4.79 Å². The molecule has 8 nitrogen and oxygen atoms in total. The molecule has 0 aliphatic rings. The number of hydrogen-bond donors (Lipinski definition) is 1. The largest absolute Gasteiger partial charge is 0.295 e. The molecule has 0 saturated carbocycles. The van der Waals surface area contributed by atoms with E-state index in [1.807, 2.05) is 0 Å². The third-order valence-corrected chi connectivity index (χ3v) is 3.27. The Hall–Kier alpha value is -2.03. The Balaban J connectivity index is 1.66. The summed E-state index contributed by atoms with van der Waals surface area (Å²) in [4.78, 5) is 19.4. The first-order valence-corrected chi connectivity index (χ1v) is 6.66. The van der Waals surface area contributed by atoms with Crippen LogP contribution in [0, 0.1) is 0 Å². The van der Waals surface area contributed by atoms with Crippen molar-refractivity contribution in [3.8, 4) is 0 Å². The number of thioether (sulfide) groups is 1. The molecule has 1 amide bonds. The van der Waals surface area contributed by atoms with Gasteiger partial charge in [0.15, 0.2) is 0 Å². The predicted octanol–water partition coefficient (Wildman–Crippen LogP) is 0.511. The summed E-state index contributed by atoms with van der Waals surface area (Å²) in [5, 5.41) is 14.5. The SMILES string of the molecule is Cn1nnnc1SCCCC(=O)Nc1ncccn1. The Kier molecular flexibility index (Phi) is 4.78. The van der Waals surface area contributed by atoms with Gasteiger partial charge in [0, 0.05) is 31.6 Å². The summed E-state index contributed by atoms with van der Waals surface area (Å²) in [7, 11) is 1.78. The van der Waals surface area contributed by atoms with Gasteiger partial charge in [-0.15, -0.1) is 5.10 Å². The van der Waals surface area contributed by atoms with E-state index in [1.54, 1.807) is 30.2 Å². The van der Waals surface area contributed by atoms with Crippen molar-refractivity contribution in [1.29, 1.82) is 0 Å². The van der Waals surface area contributed by atoms with Crippen LogP contribution in [-0.2, 0) is 11.8 Å². The number of nitrogens with zero attached hydrogens (tertiary/aromatic N) is 6. The Bertz CT molecular complexity index is 530. The second-order valence-corrected chi connectivity index (χ2v) is 4.72. The van der Waals surface area contributed by atoms with Crippen LogP contribution in [0.3, 0.4) is 0 Å². The van der Waals surface area contributed by atoms with Crippen molar-refractivity contribution in [3.63, 3.8) is 0 Å². The summed E-state index contributed by atoms with van der Waals surface area (Å²) in [6.07, 6.45) is 4.31. The summed E-state index contributed by atoms with van der Waals surface area (Å²) >= 11 is 1.52. The maximum Gasteiger partial charge on any atom is 0.229 e. The molecule has 2 aromatic rings. The van der Waals surface area contributed by atoms with Gasteiger partial charge in [-0.3, -0.25) is 10.1 Å². The zero-order chi connectivity index (χ0) is 13.5. The highest BCUT2D eigenvalue weighted by Gasteiger charge is 2.06. The molecule has 0 radical (unpaired) electrons. The minimum Gasteiger partial charge on any atom is -0.295 e. The van der Waals surface area contributed by atoms with Gasteiger partial charge in [-0.25, -0.2) is 14.6 Å². The monoisotopic (exact) mass is 279 g/mol. The van der Waals surface area contributed by atoms with Gasteiger partial charge in [-0.1, -0.05) is 11.8 Å². The van der Waals surface area contributed by atoms with E-state index in [0.29, 0.717) is 12.4 Å². The van der Waals surface area contributed by atoms with Crippen molar-refractivity contribution in [2.45, 2.75) is 18.0 Å². The molecule has 0 fully saturated rings. The van der Waals surface area contributed by atoms with E-state index in [-0.39, 0.29) is 5.91 Å². The van der Waals surface area contributed by atoms with E-state index < -0.39 is 0 Å². The molecule has 19 heavy (non-hydrogen) atoms. The maximum atomic E-state index is 11.6. The topological polar surface area (TPSA) is 98.5 Å². The second-order valence-electron chi connectivity index (χ2n) is 3.66. The molecule has 2 heterocycles. The first-order valence-electron chi connectivity index (χ1n) is 5.68. The quantitative estimate of drug-likeness (QED) is 0.607. The molecule has 100 valence electrons. The molecular formula is C10H13N7OS. The normalized spacial score (nSPS) is 10.4. The number of anilines is 1. The van der Waals surface area contributed by atoms with Crippen molar-refractivity contribution in [2.24, 2.45) is 7.05 Å². The van der Waals surface area contributed by atoms with E-state index in [1.165, 1.54) is 11.8 Å². The molecule has 1 N–H and O–H groups in total. The molecule has 0 aliphatic carbocycles. The van der Waals surface area contributed by atoms with E-state index >= 15 is 0 Å². The lowest BCUT2D eigenvalue weighted by atomic mass is 10.3. The Labute approximate surface area is 114 Å². The van der Waals surface area contributed by atoms with Crippen molar-refractivity contribution in [2.75, 3.05) is 11.1 Å². The van der Waals surface area contributed by atoms with Gasteiger partial charge in [0.25, 0.3) is 0 Å². The Morgan fingerprint density at radius 3 is 2.89 bits per heavy atom. The minimum absolute atomic E-state index is 0.0945. The zero-order valence-electron chi connectivity index (χ0n) is 10.4. The fraction of sp³-hybridized carbons (Fsp3) is 0.400. The van der Waals surface area contributed by atoms with E-state index in [0.717, 1.165) is 17.3 Å². The molecule has 2 aromatic heterocycles. The fourth-order valence-corrected chi connectivity index (χ4v) is 2.08. The molecular weight excluding hydrogens is 266 g/mol. The van der Waals surface area contributed by atoms with Crippen LogP contribution < -0.4 is 5.32 Å². The van der Waals surface area contributed by atoms with Crippen LogP contribution in [-0.4, -0.2) is 41.8 Å². The first kappa shape index (κ1) is 13.4. The van der Waals surface area contributed by atoms with Gasteiger partial charge in [0.2, 0.25) is 17.0 Å². The molecule has 0 aliphatic heterocycles. The zero-order valence-corrected chi connectivity index (χ0v) is 11.2. The molecule has 0 aromatic carbocycles. The molecule has 2 rings (SSSR count).